The Kier molecular flexibility index (Phi) is 4.12. The van der Waals surface area contributed by atoms with Gasteiger partial charge in [-0.3, -0.25) is 0 Å². The molecule has 126 valence electrons. The van der Waals surface area contributed by atoms with Gasteiger partial charge in [0.05, 0.1) is 16.1 Å². The monoisotopic (exact) mass is 337 g/mol. The first-order valence-corrected chi connectivity index (χ1v) is 9.57. The summed E-state index contributed by atoms with van der Waals surface area (Å²) < 4.78 is 39.3. The third kappa shape index (κ3) is 3.20. The topological polar surface area (TPSA) is 64.6 Å². The van der Waals surface area contributed by atoms with Gasteiger partial charge in [-0.15, -0.1) is 0 Å². The Morgan fingerprint density at radius 2 is 1.57 bits per heavy atom. The quantitative estimate of drug-likeness (QED) is 0.851. The molecule has 3 rings (SSSR count). The first kappa shape index (κ1) is 17.0. The molecule has 7 heteroatoms. The molecule has 2 fully saturated rings. The van der Waals surface area contributed by atoms with Crippen LogP contribution in [-0.2, 0) is 19.3 Å². The lowest BCUT2D eigenvalue weighted by molar-refractivity contribution is 0.00578. The molecule has 0 spiro atoms. The summed E-state index contributed by atoms with van der Waals surface area (Å²) in [5, 5.41) is 0. The molecule has 0 bridgehead atoms. The Morgan fingerprint density at radius 3 is 2.00 bits per heavy atom. The number of hydrogen-bond donors (Lipinski definition) is 1. The van der Waals surface area contributed by atoms with Crippen LogP contribution in [0.4, 0.5) is 0 Å². The lowest BCUT2D eigenvalue weighted by Crippen LogP contribution is -2.41. The summed E-state index contributed by atoms with van der Waals surface area (Å²) in [5.74, 6) is 0. The fourth-order valence-electron chi connectivity index (χ4n) is 2.60. The zero-order valence-corrected chi connectivity index (χ0v) is 14.9. The van der Waals surface area contributed by atoms with E-state index in [2.05, 4.69) is 4.72 Å². The Labute approximate surface area is 138 Å². The van der Waals surface area contributed by atoms with Crippen molar-refractivity contribution in [3.63, 3.8) is 0 Å². The summed E-state index contributed by atoms with van der Waals surface area (Å²) >= 11 is 0. The van der Waals surface area contributed by atoms with Crippen molar-refractivity contribution >= 4 is 22.6 Å². The highest BCUT2D eigenvalue weighted by molar-refractivity contribution is 7.89. The van der Waals surface area contributed by atoms with Gasteiger partial charge in [-0.05, 0) is 58.1 Å². The van der Waals surface area contributed by atoms with Crippen LogP contribution in [0.3, 0.4) is 0 Å². The highest BCUT2D eigenvalue weighted by Gasteiger charge is 2.51. The van der Waals surface area contributed by atoms with Crippen LogP contribution in [0.2, 0.25) is 0 Å². The molecule has 0 amide bonds. The summed E-state index contributed by atoms with van der Waals surface area (Å²) in [4.78, 5) is 0.282. The molecule has 1 aromatic rings. The highest BCUT2D eigenvalue weighted by Crippen LogP contribution is 2.36. The fraction of sp³-hybridized carbons (Fsp3) is 0.625. The van der Waals surface area contributed by atoms with E-state index in [-0.39, 0.29) is 10.9 Å². The third-order valence-electron chi connectivity index (χ3n) is 5.14. The Balaban J connectivity index is 1.75. The molecule has 1 saturated heterocycles. The molecule has 0 atom stereocenters. The van der Waals surface area contributed by atoms with Crippen molar-refractivity contribution in [2.24, 2.45) is 0 Å². The predicted octanol–water partition coefficient (Wildman–Crippen LogP) is 1.82. The largest absolute Gasteiger partial charge is 0.494 e. The van der Waals surface area contributed by atoms with Gasteiger partial charge in [0.1, 0.15) is 0 Å². The van der Waals surface area contributed by atoms with E-state index in [9.17, 15) is 8.42 Å². The molecule has 1 saturated carbocycles. The summed E-state index contributed by atoms with van der Waals surface area (Å²) in [6.07, 6.45) is 2.94. The van der Waals surface area contributed by atoms with Gasteiger partial charge < -0.3 is 9.31 Å². The zero-order chi connectivity index (χ0) is 16.9. The van der Waals surface area contributed by atoms with Gasteiger partial charge in [0, 0.05) is 6.04 Å². The molecule has 1 heterocycles. The lowest BCUT2D eigenvalue weighted by atomic mass is 9.79. The first-order chi connectivity index (χ1) is 10.6. The van der Waals surface area contributed by atoms with Crippen molar-refractivity contribution in [1.29, 1.82) is 0 Å². The Bertz CT molecular complexity index is 665. The van der Waals surface area contributed by atoms with Crippen LogP contribution < -0.4 is 10.2 Å². The van der Waals surface area contributed by atoms with E-state index in [1.165, 1.54) is 0 Å². The number of benzene rings is 1. The van der Waals surface area contributed by atoms with Gasteiger partial charge in [0.2, 0.25) is 10.0 Å². The highest BCUT2D eigenvalue weighted by atomic mass is 32.2. The SMILES string of the molecule is CC1(C)OB(c2ccc(S(=O)(=O)NC3CCC3)cc2)OC1(C)C. The summed E-state index contributed by atoms with van der Waals surface area (Å²) in [7, 11) is -3.91. The van der Waals surface area contributed by atoms with E-state index in [1.807, 2.05) is 27.7 Å². The minimum absolute atomic E-state index is 0.0859. The Morgan fingerprint density at radius 1 is 1.04 bits per heavy atom. The van der Waals surface area contributed by atoms with Gasteiger partial charge in [0.25, 0.3) is 0 Å². The van der Waals surface area contributed by atoms with Crippen molar-refractivity contribution < 1.29 is 17.7 Å². The predicted molar refractivity (Wildman–Crippen MR) is 90.1 cm³/mol. The minimum Gasteiger partial charge on any atom is -0.399 e. The van der Waals surface area contributed by atoms with E-state index in [0.717, 1.165) is 24.7 Å². The van der Waals surface area contributed by atoms with Crippen LogP contribution in [0.5, 0.6) is 0 Å². The minimum atomic E-state index is -3.44. The molecular weight excluding hydrogens is 313 g/mol. The average Bonchev–Trinajstić information content (AvgIpc) is 2.63. The van der Waals surface area contributed by atoms with E-state index < -0.39 is 28.3 Å². The summed E-state index contributed by atoms with van der Waals surface area (Å²) in [6, 6.07) is 6.83. The van der Waals surface area contributed by atoms with Crippen LogP contribution in [0.15, 0.2) is 29.2 Å². The molecule has 1 aliphatic heterocycles. The number of nitrogens with one attached hydrogen (secondary N) is 1. The van der Waals surface area contributed by atoms with Crippen molar-refractivity contribution in [3.05, 3.63) is 24.3 Å². The molecule has 5 nitrogen and oxygen atoms in total. The average molecular weight is 337 g/mol. The van der Waals surface area contributed by atoms with Gasteiger partial charge in [0.15, 0.2) is 0 Å². The van der Waals surface area contributed by atoms with Crippen LogP contribution in [0, 0.1) is 0 Å². The van der Waals surface area contributed by atoms with Crippen molar-refractivity contribution in [2.45, 2.75) is 69.1 Å². The molecule has 0 radical (unpaired) electrons. The molecule has 0 aromatic heterocycles. The normalized spacial score (nSPS) is 23.7. The smallest absolute Gasteiger partial charge is 0.399 e. The van der Waals surface area contributed by atoms with Gasteiger partial charge >= 0.3 is 7.12 Å². The molecular formula is C16H24BNO4S. The second-order valence-corrected chi connectivity index (χ2v) is 9.12. The summed E-state index contributed by atoms with van der Waals surface area (Å²) in [5.41, 5.74) is 0.00815. The molecule has 1 aromatic carbocycles. The van der Waals surface area contributed by atoms with Gasteiger partial charge in [-0.25, -0.2) is 13.1 Å². The van der Waals surface area contributed by atoms with Crippen LogP contribution in [0.1, 0.15) is 47.0 Å². The number of sulfonamides is 1. The van der Waals surface area contributed by atoms with E-state index in [0.29, 0.717) is 0 Å². The van der Waals surface area contributed by atoms with Crippen molar-refractivity contribution in [2.75, 3.05) is 0 Å². The molecule has 1 aliphatic carbocycles. The van der Waals surface area contributed by atoms with Crippen molar-refractivity contribution in [3.8, 4) is 0 Å². The standard InChI is InChI=1S/C16H24BNO4S/c1-15(2)16(3,4)22-17(21-15)12-8-10-14(11-9-12)23(19,20)18-13-6-5-7-13/h8-11,13,18H,5-7H2,1-4H3. The van der Waals surface area contributed by atoms with E-state index in [4.69, 9.17) is 9.31 Å². The maximum Gasteiger partial charge on any atom is 0.494 e. The first-order valence-electron chi connectivity index (χ1n) is 8.09. The second kappa shape index (κ2) is 5.58. The molecule has 1 N–H and O–H groups in total. The van der Waals surface area contributed by atoms with E-state index in [1.54, 1.807) is 24.3 Å². The van der Waals surface area contributed by atoms with E-state index >= 15 is 0 Å². The van der Waals surface area contributed by atoms with Gasteiger partial charge in [-0.2, -0.15) is 0 Å². The molecule has 2 aliphatic rings. The van der Waals surface area contributed by atoms with Crippen LogP contribution in [0.25, 0.3) is 0 Å². The maximum atomic E-state index is 12.3. The molecule has 0 unspecified atom stereocenters. The number of hydrogen-bond acceptors (Lipinski definition) is 4. The third-order valence-corrected chi connectivity index (χ3v) is 6.68. The number of rotatable bonds is 4. The maximum absolute atomic E-state index is 12.3. The van der Waals surface area contributed by atoms with Crippen LogP contribution >= 0.6 is 0 Å². The molecule has 23 heavy (non-hydrogen) atoms. The van der Waals surface area contributed by atoms with Crippen LogP contribution in [-0.4, -0.2) is 32.8 Å². The van der Waals surface area contributed by atoms with Crippen molar-refractivity contribution in [1.82, 2.24) is 4.72 Å². The zero-order valence-electron chi connectivity index (χ0n) is 14.1. The second-order valence-electron chi connectivity index (χ2n) is 7.41. The lowest BCUT2D eigenvalue weighted by Gasteiger charge is -2.32. The van der Waals surface area contributed by atoms with Gasteiger partial charge in [-0.1, -0.05) is 18.6 Å². The summed E-state index contributed by atoms with van der Waals surface area (Å²) in [6.45, 7) is 7.98. The fourth-order valence-corrected chi connectivity index (χ4v) is 3.90. The Hall–Kier alpha value is -0.885.